The van der Waals surface area contributed by atoms with E-state index in [0.29, 0.717) is 24.4 Å². The number of hydrogen-bond donors (Lipinski definition) is 1. The topological polar surface area (TPSA) is 74.6 Å². The van der Waals surface area contributed by atoms with E-state index >= 15 is 0 Å². The maximum atomic E-state index is 12.1. The Morgan fingerprint density at radius 2 is 2.14 bits per heavy atom. The van der Waals surface area contributed by atoms with Crippen LogP contribution in [-0.2, 0) is 6.54 Å². The van der Waals surface area contributed by atoms with E-state index in [4.69, 9.17) is 10.5 Å². The Morgan fingerprint density at radius 3 is 3.00 bits per heavy atom. The molecule has 108 valence electrons. The lowest BCUT2D eigenvalue weighted by atomic mass is 10.3. The summed E-state index contributed by atoms with van der Waals surface area (Å²) < 4.78 is 8.85. The maximum absolute atomic E-state index is 12.1. The van der Waals surface area contributed by atoms with Gasteiger partial charge in [-0.25, -0.2) is 4.52 Å². The van der Waals surface area contributed by atoms with Crippen molar-refractivity contribution in [2.24, 2.45) is 0 Å². The molecule has 2 N–H and O–H groups in total. The lowest BCUT2D eigenvalue weighted by Crippen LogP contribution is -2.22. The van der Waals surface area contributed by atoms with E-state index in [0.717, 1.165) is 12.2 Å². The molecule has 0 aliphatic rings. The van der Waals surface area contributed by atoms with Crippen LogP contribution in [0.2, 0.25) is 0 Å². The Hall–Kier alpha value is -2.76. The van der Waals surface area contributed by atoms with Crippen molar-refractivity contribution < 1.29 is 4.74 Å². The van der Waals surface area contributed by atoms with Crippen molar-refractivity contribution in [3.63, 3.8) is 0 Å². The highest BCUT2D eigenvalue weighted by atomic mass is 16.5. The van der Waals surface area contributed by atoms with E-state index in [2.05, 4.69) is 5.10 Å². The highest BCUT2D eigenvalue weighted by molar-refractivity contribution is 5.43. The number of benzene rings is 1. The average Bonchev–Trinajstić information content (AvgIpc) is 2.95. The normalized spacial score (nSPS) is 10.9. The van der Waals surface area contributed by atoms with E-state index in [1.807, 2.05) is 18.2 Å². The summed E-state index contributed by atoms with van der Waals surface area (Å²) in [5, 5.41) is 4.03. The van der Waals surface area contributed by atoms with Gasteiger partial charge in [0.25, 0.3) is 5.56 Å². The van der Waals surface area contributed by atoms with Crippen molar-refractivity contribution in [3.8, 4) is 5.75 Å². The van der Waals surface area contributed by atoms with Gasteiger partial charge < -0.3 is 15.0 Å². The molecule has 0 atom stereocenters. The largest absolute Gasteiger partial charge is 0.493 e. The molecule has 3 rings (SSSR count). The van der Waals surface area contributed by atoms with Crippen LogP contribution in [0.1, 0.15) is 6.42 Å². The SMILES string of the molecule is Nc1cccc(OCCCn2ccn3nccc3c2=O)c1. The lowest BCUT2D eigenvalue weighted by Gasteiger charge is -2.08. The minimum atomic E-state index is -0.0426. The van der Waals surface area contributed by atoms with E-state index in [9.17, 15) is 4.79 Å². The highest BCUT2D eigenvalue weighted by Gasteiger charge is 2.03. The predicted octanol–water partition coefficient (Wildman–Crippen LogP) is 1.55. The number of rotatable bonds is 5. The molecule has 0 bridgehead atoms. The zero-order valence-electron chi connectivity index (χ0n) is 11.5. The third-order valence-electron chi connectivity index (χ3n) is 3.21. The van der Waals surface area contributed by atoms with Gasteiger partial charge in [-0.2, -0.15) is 5.10 Å². The van der Waals surface area contributed by atoms with Crippen molar-refractivity contribution in [1.29, 1.82) is 0 Å². The molecule has 0 aliphatic heterocycles. The summed E-state index contributed by atoms with van der Waals surface area (Å²) in [5.41, 5.74) is 6.89. The molecule has 6 nitrogen and oxygen atoms in total. The van der Waals surface area contributed by atoms with E-state index in [-0.39, 0.29) is 5.56 Å². The molecule has 3 aromatic rings. The minimum Gasteiger partial charge on any atom is -0.493 e. The van der Waals surface area contributed by atoms with Gasteiger partial charge in [-0.15, -0.1) is 0 Å². The molecule has 0 fully saturated rings. The zero-order chi connectivity index (χ0) is 14.7. The fourth-order valence-corrected chi connectivity index (χ4v) is 2.17. The Balaban J connectivity index is 1.59. The lowest BCUT2D eigenvalue weighted by molar-refractivity contribution is 0.301. The second-order valence-electron chi connectivity index (χ2n) is 4.73. The van der Waals surface area contributed by atoms with Crippen molar-refractivity contribution in [2.45, 2.75) is 13.0 Å². The maximum Gasteiger partial charge on any atom is 0.276 e. The van der Waals surface area contributed by atoms with Crippen LogP contribution in [0.5, 0.6) is 5.75 Å². The average molecular weight is 284 g/mol. The van der Waals surface area contributed by atoms with Crippen molar-refractivity contribution in [1.82, 2.24) is 14.2 Å². The molecule has 2 heterocycles. The fraction of sp³-hybridized carbons (Fsp3) is 0.200. The standard InChI is InChI=1S/C15H16N4O2/c16-12-3-1-4-13(11-12)21-10-2-7-18-8-9-19-14(15(18)20)5-6-17-19/h1,3-6,8-9,11H,2,7,10,16H2. The number of anilines is 1. The van der Waals surface area contributed by atoms with Crippen LogP contribution in [-0.4, -0.2) is 20.8 Å². The van der Waals surface area contributed by atoms with Crippen LogP contribution in [0, 0.1) is 0 Å². The van der Waals surface area contributed by atoms with Crippen LogP contribution in [0.15, 0.2) is 53.7 Å². The summed E-state index contributed by atoms with van der Waals surface area (Å²) in [4.78, 5) is 12.1. The molecule has 0 saturated carbocycles. The molecule has 0 aliphatic carbocycles. The third-order valence-corrected chi connectivity index (χ3v) is 3.21. The van der Waals surface area contributed by atoms with Crippen LogP contribution in [0.3, 0.4) is 0 Å². The number of hydrogen-bond acceptors (Lipinski definition) is 4. The first kappa shape index (κ1) is 13.2. The Labute approximate surface area is 121 Å². The van der Waals surface area contributed by atoms with Crippen LogP contribution < -0.4 is 16.0 Å². The Morgan fingerprint density at radius 1 is 1.24 bits per heavy atom. The quantitative estimate of drug-likeness (QED) is 0.570. The first-order chi connectivity index (χ1) is 10.2. The summed E-state index contributed by atoms with van der Waals surface area (Å²) in [7, 11) is 0. The number of fused-ring (bicyclic) bond motifs is 1. The van der Waals surface area contributed by atoms with Crippen LogP contribution in [0.4, 0.5) is 5.69 Å². The third kappa shape index (κ3) is 2.89. The van der Waals surface area contributed by atoms with Crippen molar-refractivity contribution in [2.75, 3.05) is 12.3 Å². The van der Waals surface area contributed by atoms with Crippen LogP contribution in [0.25, 0.3) is 5.52 Å². The number of nitrogens with zero attached hydrogens (tertiary/aromatic N) is 3. The Kier molecular flexibility index (Phi) is 3.59. The van der Waals surface area contributed by atoms with Crippen LogP contribution >= 0.6 is 0 Å². The van der Waals surface area contributed by atoms with Gasteiger partial charge in [0.2, 0.25) is 0 Å². The van der Waals surface area contributed by atoms with E-state index in [1.165, 1.54) is 0 Å². The van der Waals surface area contributed by atoms with Gasteiger partial charge in [0.05, 0.1) is 12.8 Å². The molecule has 2 aromatic heterocycles. The molecular formula is C15H16N4O2. The monoisotopic (exact) mass is 284 g/mol. The predicted molar refractivity (Wildman–Crippen MR) is 80.4 cm³/mol. The molecule has 0 radical (unpaired) electrons. The van der Waals surface area contributed by atoms with Gasteiger partial charge in [-0.05, 0) is 24.6 Å². The summed E-state index contributed by atoms with van der Waals surface area (Å²) in [6.07, 6.45) is 5.86. The zero-order valence-corrected chi connectivity index (χ0v) is 11.5. The molecule has 0 amide bonds. The van der Waals surface area contributed by atoms with E-state index < -0.39 is 0 Å². The molecular weight excluding hydrogens is 268 g/mol. The number of ether oxygens (including phenoxy) is 1. The molecule has 1 aromatic carbocycles. The van der Waals surface area contributed by atoms with Gasteiger partial charge in [0.15, 0.2) is 0 Å². The van der Waals surface area contributed by atoms with Gasteiger partial charge in [0.1, 0.15) is 11.3 Å². The molecule has 6 heteroatoms. The van der Waals surface area contributed by atoms with Gasteiger partial charge in [-0.3, -0.25) is 4.79 Å². The summed E-state index contributed by atoms with van der Waals surface area (Å²) in [5.74, 6) is 0.744. The first-order valence-corrected chi connectivity index (χ1v) is 6.75. The minimum absolute atomic E-state index is 0.0426. The van der Waals surface area contributed by atoms with E-state index in [1.54, 1.807) is 39.8 Å². The summed E-state index contributed by atoms with van der Waals surface area (Å²) in [6, 6.07) is 9.02. The smallest absolute Gasteiger partial charge is 0.276 e. The summed E-state index contributed by atoms with van der Waals surface area (Å²) >= 11 is 0. The molecule has 0 saturated heterocycles. The number of aryl methyl sites for hydroxylation is 1. The van der Waals surface area contributed by atoms with Gasteiger partial charge in [-0.1, -0.05) is 6.07 Å². The van der Waals surface area contributed by atoms with Crippen molar-refractivity contribution in [3.05, 3.63) is 59.3 Å². The second-order valence-corrected chi connectivity index (χ2v) is 4.73. The number of nitrogens with two attached hydrogens (primary N) is 1. The van der Waals surface area contributed by atoms with Gasteiger partial charge in [0, 0.05) is 30.7 Å². The second kappa shape index (κ2) is 5.70. The van der Waals surface area contributed by atoms with Gasteiger partial charge >= 0.3 is 0 Å². The number of aromatic nitrogens is 3. The summed E-state index contributed by atoms with van der Waals surface area (Å²) in [6.45, 7) is 1.13. The Bertz CT molecular complexity index is 807. The first-order valence-electron chi connectivity index (χ1n) is 6.75. The highest BCUT2D eigenvalue weighted by Crippen LogP contribution is 2.14. The molecule has 0 unspecified atom stereocenters. The number of nitrogen functional groups attached to an aromatic ring is 1. The fourth-order valence-electron chi connectivity index (χ4n) is 2.17. The molecule has 21 heavy (non-hydrogen) atoms. The molecule has 0 spiro atoms. The van der Waals surface area contributed by atoms with Crippen molar-refractivity contribution >= 4 is 11.2 Å².